The lowest BCUT2D eigenvalue weighted by Crippen LogP contribution is -2.43. The lowest BCUT2D eigenvalue weighted by Gasteiger charge is -2.28. The van der Waals surface area contributed by atoms with Crippen LogP contribution in [0.15, 0.2) is 47.8 Å². The molecule has 27 heavy (non-hydrogen) atoms. The number of aromatic nitrogens is 1. The third kappa shape index (κ3) is 3.39. The molecule has 0 atom stereocenters. The van der Waals surface area contributed by atoms with Crippen LogP contribution in [-0.4, -0.2) is 29.9 Å². The van der Waals surface area contributed by atoms with Crippen LogP contribution in [0.25, 0.3) is 21.8 Å². The topological polar surface area (TPSA) is 85.5 Å². The van der Waals surface area contributed by atoms with E-state index in [-0.39, 0.29) is 19.1 Å². The molecular weight excluding hydrogens is 386 g/mol. The summed E-state index contributed by atoms with van der Waals surface area (Å²) in [6.45, 7) is -0.312. The third-order valence-corrected chi connectivity index (χ3v) is 5.33. The fourth-order valence-corrected chi connectivity index (χ4v) is 4.00. The second-order valence-electron chi connectivity index (χ2n) is 5.94. The van der Waals surface area contributed by atoms with E-state index in [4.69, 9.17) is 22.1 Å². The minimum Gasteiger partial charge on any atom is -0.482 e. The van der Waals surface area contributed by atoms with Crippen molar-refractivity contribution < 1.29 is 14.3 Å². The van der Waals surface area contributed by atoms with Crippen molar-refractivity contribution in [3.8, 4) is 27.6 Å². The summed E-state index contributed by atoms with van der Waals surface area (Å²) in [7, 11) is 0. The van der Waals surface area contributed by atoms with Gasteiger partial charge >= 0.3 is 0 Å². The maximum atomic E-state index is 12.1. The molecule has 0 unspecified atom stereocenters. The molecule has 1 aliphatic rings. The van der Waals surface area contributed by atoms with E-state index in [0.29, 0.717) is 16.5 Å². The number of carbonyl (C=O) groups is 2. The van der Waals surface area contributed by atoms with Crippen LogP contribution >= 0.6 is 22.9 Å². The standard InChI is InChI=1S/C19H14ClN3O3S/c20-13-4-2-1-3-12(13)19-22-14(10-27-19)11-5-6-16-15(7-11)23(8-17(21)24)18(25)9-26-16/h1-7,10H,8-9H2,(H2,21,24). The Balaban J connectivity index is 1.72. The fraction of sp³-hybridized carbons (Fsp3) is 0.105. The maximum Gasteiger partial charge on any atom is 0.265 e. The highest BCUT2D eigenvalue weighted by Gasteiger charge is 2.27. The molecular formula is C19H14ClN3O3S. The first-order valence-electron chi connectivity index (χ1n) is 8.09. The molecule has 3 aromatic rings. The Labute approximate surface area is 164 Å². The van der Waals surface area contributed by atoms with Crippen LogP contribution in [0.3, 0.4) is 0 Å². The normalized spacial score (nSPS) is 13.2. The molecule has 2 heterocycles. The summed E-state index contributed by atoms with van der Waals surface area (Å²) in [5.41, 5.74) is 8.20. The Morgan fingerprint density at radius 1 is 1.30 bits per heavy atom. The Hall–Kier alpha value is -2.90. The van der Waals surface area contributed by atoms with E-state index in [1.807, 2.05) is 35.7 Å². The minimum atomic E-state index is -0.587. The first-order chi connectivity index (χ1) is 13.0. The minimum absolute atomic E-state index is 0.118. The Morgan fingerprint density at radius 2 is 2.11 bits per heavy atom. The lowest BCUT2D eigenvalue weighted by atomic mass is 10.1. The van der Waals surface area contributed by atoms with E-state index in [1.165, 1.54) is 16.2 Å². The molecule has 6 nitrogen and oxygen atoms in total. The molecule has 0 aliphatic carbocycles. The van der Waals surface area contributed by atoms with E-state index in [9.17, 15) is 9.59 Å². The SMILES string of the molecule is NC(=O)CN1C(=O)COc2ccc(-c3csc(-c4ccccc4Cl)n3)cc21. The predicted octanol–water partition coefficient (Wildman–Crippen LogP) is 3.34. The average molecular weight is 400 g/mol. The van der Waals surface area contributed by atoms with Crippen LogP contribution in [0.2, 0.25) is 5.02 Å². The number of ether oxygens (including phenoxy) is 1. The van der Waals surface area contributed by atoms with Crippen LogP contribution in [-0.2, 0) is 9.59 Å². The summed E-state index contributed by atoms with van der Waals surface area (Å²) in [4.78, 5) is 29.5. The average Bonchev–Trinajstić information content (AvgIpc) is 3.14. The largest absolute Gasteiger partial charge is 0.482 e. The molecule has 1 aliphatic heterocycles. The van der Waals surface area contributed by atoms with Crippen molar-refractivity contribution in [3.05, 3.63) is 52.9 Å². The quantitative estimate of drug-likeness (QED) is 0.729. The van der Waals surface area contributed by atoms with Gasteiger partial charge in [0.2, 0.25) is 5.91 Å². The number of primary amides is 1. The number of thiazole rings is 1. The van der Waals surface area contributed by atoms with Gasteiger partial charge in [0, 0.05) is 16.5 Å². The molecule has 2 aromatic carbocycles. The van der Waals surface area contributed by atoms with Crippen molar-refractivity contribution in [2.75, 3.05) is 18.1 Å². The summed E-state index contributed by atoms with van der Waals surface area (Å²) in [5, 5.41) is 3.36. The summed E-state index contributed by atoms with van der Waals surface area (Å²) >= 11 is 7.73. The van der Waals surface area contributed by atoms with Gasteiger partial charge in [-0.05, 0) is 24.3 Å². The number of fused-ring (bicyclic) bond motifs is 1. The fourth-order valence-electron chi connectivity index (χ4n) is 2.86. The molecule has 136 valence electrons. The molecule has 0 fully saturated rings. The molecule has 1 aromatic heterocycles. The molecule has 0 radical (unpaired) electrons. The molecule has 2 amide bonds. The highest BCUT2D eigenvalue weighted by atomic mass is 35.5. The van der Waals surface area contributed by atoms with Gasteiger partial charge in [-0.2, -0.15) is 0 Å². The van der Waals surface area contributed by atoms with E-state index in [1.54, 1.807) is 12.1 Å². The Bertz CT molecular complexity index is 1050. The smallest absolute Gasteiger partial charge is 0.265 e. The number of rotatable bonds is 4. The number of halogens is 1. The van der Waals surface area contributed by atoms with Crippen molar-refractivity contribution in [2.45, 2.75) is 0 Å². The first kappa shape index (κ1) is 17.5. The van der Waals surface area contributed by atoms with Gasteiger partial charge in [0.05, 0.1) is 16.4 Å². The maximum absolute atomic E-state index is 12.1. The number of nitrogens with zero attached hydrogens (tertiary/aromatic N) is 2. The van der Waals surface area contributed by atoms with Gasteiger partial charge in [0.25, 0.3) is 5.91 Å². The predicted molar refractivity (Wildman–Crippen MR) is 105 cm³/mol. The molecule has 2 N–H and O–H groups in total. The second kappa shape index (κ2) is 7.02. The summed E-state index contributed by atoms with van der Waals surface area (Å²) in [5.74, 6) is -0.370. The van der Waals surface area contributed by atoms with Crippen LogP contribution in [0, 0.1) is 0 Å². The van der Waals surface area contributed by atoms with Gasteiger partial charge in [0.15, 0.2) is 6.61 Å². The highest BCUT2D eigenvalue weighted by Crippen LogP contribution is 2.38. The third-order valence-electron chi connectivity index (χ3n) is 4.12. The second-order valence-corrected chi connectivity index (χ2v) is 7.20. The first-order valence-corrected chi connectivity index (χ1v) is 9.35. The van der Waals surface area contributed by atoms with Gasteiger partial charge in [-0.15, -0.1) is 11.3 Å². The molecule has 4 rings (SSSR count). The number of nitrogens with two attached hydrogens (primary N) is 1. The van der Waals surface area contributed by atoms with Crippen molar-refractivity contribution in [2.24, 2.45) is 5.73 Å². The molecule has 0 bridgehead atoms. The van der Waals surface area contributed by atoms with Gasteiger partial charge in [-0.25, -0.2) is 4.98 Å². The van der Waals surface area contributed by atoms with Gasteiger partial charge in [-0.1, -0.05) is 29.8 Å². The van der Waals surface area contributed by atoms with Crippen molar-refractivity contribution >= 4 is 40.4 Å². The molecule has 0 saturated carbocycles. The van der Waals surface area contributed by atoms with E-state index < -0.39 is 5.91 Å². The van der Waals surface area contributed by atoms with E-state index in [2.05, 4.69) is 4.98 Å². The van der Waals surface area contributed by atoms with Crippen molar-refractivity contribution in [3.63, 3.8) is 0 Å². The van der Waals surface area contributed by atoms with Crippen LogP contribution < -0.4 is 15.4 Å². The Kier molecular flexibility index (Phi) is 4.55. The van der Waals surface area contributed by atoms with Gasteiger partial charge in [-0.3, -0.25) is 14.5 Å². The van der Waals surface area contributed by atoms with Crippen molar-refractivity contribution in [1.82, 2.24) is 4.98 Å². The zero-order valence-electron chi connectivity index (χ0n) is 14.0. The van der Waals surface area contributed by atoms with Crippen LogP contribution in [0.4, 0.5) is 5.69 Å². The highest BCUT2D eigenvalue weighted by molar-refractivity contribution is 7.13. The summed E-state index contributed by atoms with van der Waals surface area (Å²) in [6.07, 6.45) is 0. The van der Waals surface area contributed by atoms with Gasteiger partial charge in [0.1, 0.15) is 17.3 Å². The molecule has 0 saturated heterocycles. The van der Waals surface area contributed by atoms with Crippen molar-refractivity contribution in [1.29, 1.82) is 0 Å². The Morgan fingerprint density at radius 3 is 2.89 bits per heavy atom. The zero-order chi connectivity index (χ0) is 19.0. The van der Waals surface area contributed by atoms with E-state index >= 15 is 0 Å². The lowest BCUT2D eigenvalue weighted by molar-refractivity contribution is -0.124. The number of carbonyl (C=O) groups excluding carboxylic acids is 2. The molecule has 8 heteroatoms. The number of hydrogen-bond donors (Lipinski definition) is 1. The number of amides is 2. The summed E-state index contributed by atoms with van der Waals surface area (Å²) < 4.78 is 5.45. The van der Waals surface area contributed by atoms with Crippen LogP contribution in [0.1, 0.15) is 0 Å². The monoisotopic (exact) mass is 399 g/mol. The number of hydrogen-bond acceptors (Lipinski definition) is 5. The van der Waals surface area contributed by atoms with Gasteiger partial charge < -0.3 is 10.5 Å². The van der Waals surface area contributed by atoms with E-state index in [0.717, 1.165) is 21.8 Å². The summed E-state index contributed by atoms with van der Waals surface area (Å²) in [6, 6.07) is 12.9. The number of anilines is 1. The molecule has 0 spiro atoms. The number of benzene rings is 2. The zero-order valence-corrected chi connectivity index (χ0v) is 15.6. The van der Waals surface area contributed by atoms with Crippen LogP contribution in [0.5, 0.6) is 5.75 Å².